The van der Waals surface area contributed by atoms with E-state index in [1.807, 2.05) is 32.0 Å². The zero-order valence-corrected chi connectivity index (χ0v) is 18.5. The number of benzene rings is 1. The number of rotatable bonds is 9. The predicted octanol–water partition coefficient (Wildman–Crippen LogP) is 4.95. The monoisotopic (exact) mass is 426 g/mol. The largest absolute Gasteiger partial charge is 0.348 e. The van der Waals surface area contributed by atoms with Crippen molar-refractivity contribution in [1.29, 1.82) is 0 Å². The van der Waals surface area contributed by atoms with Crippen LogP contribution >= 0.6 is 11.8 Å². The van der Waals surface area contributed by atoms with Crippen molar-refractivity contribution in [1.82, 2.24) is 19.3 Å². The Morgan fingerprint density at radius 3 is 2.57 bits per heavy atom. The summed E-state index contributed by atoms with van der Waals surface area (Å²) >= 11 is 1.47. The van der Waals surface area contributed by atoms with Crippen molar-refractivity contribution in [2.75, 3.05) is 5.75 Å². The van der Waals surface area contributed by atoms with E-state index in [0.717, 1.165) is 53.0 Å². The average Bonchev–Trinajstić information content (AvgIpc) is 3.44. The molecule has 2 heterocycles. The summed E-state index contributed by atoms with van der Waals surface area (Å²) in [4.78, 5) is 12.9. The highest BCUT2D eigenvalue weighted by molar-refractivity contribution is 7.99. The van der Waals surface area contributed by atoms with E-state index in [-0.39, 0.29) is 11.6 Å². The summed E-state index contributed by atoms with van der Waals surface area (Å²) in [7, 11) is 0. The van der Waals surface area contributed by atoms with Crippen LogP contribution in [0.2, 0.25) is 0 Å². The molecule has 0 amide bonds. The molecule has 1 saturated carbocycles. The third-order valence-electron chi connectivity index (χ3n) is 5.75. The van der Waals surface area contributed by atoms with E-state index in [1.165, 1.54) is 36.7 Å². The van der Waals surface area contributed by atoms with Gasteiger partial charge in [-0.25, -0.2) is 4.39 Å². The van der Waals surface area contributed by atoms with Gasteiger partial charge in [-0.2, -0.15) is 0 Å². The van der Waals surface area contributed by atoms with Gasteiger partial charge in [-0.1, -0.05) is 23.9 Å². The number of ketones is 1. The normalized spacial score (nSPS) is 13.7. The lowest BCUT2D eigenvalue weighted by molar-refractivity contribution is 0.102. The molecule has 1 aromatic carbocycles. The number of aryl methyl sites for hydroxylation is 2. The molecule has 5 nitrogen and oxygen atoms in total. The van der Waals surface area contributed by atoms with Crippen LogP contribution in [0.3, 0.4) is 0 Å². The van der Waals surface area contributed by atoms with Gasteiger partial charge in [0.25, 0.3) is 0 Å². The van der Waals surface area contributed by atoms with Gasteiger partial charge < -0.3 is 9.13 Å². The molecule has 1 fully saturated rings. The Bertz CT molecular complexity index is 1050. The zero-order valence-electron chi connectivity index (χ0n) is 17.7. The topological polar surface area (TPSA) is 52.7 Å². The van der Waals surface area contributed by atoms with E-state index in [9.17, 15) is 9.18 Å². The molecule has 0 unspecified atom stereocenters. The fourth-order valence-electron chi connectivity index (χ4n) is 3.87. The van der Waals surface area contributed by atoms with Crippen LogP contribution in [0.1, 0.15) is 58.8 Å². The molecule has 4 rings (SSSR count). The third-order valence-corrected chi connectivity index (χ3v) is 6.71. The Labute approximate surface area is 180 Å². The van der Waals surface area contributed by atoms with Gasteiger partial charge in [0.05, 0.1) is 5.75 Å². The third kappa shape index (κ3) is 4.36. The lowest BCUT2D eigenvalue weighted by atomic mass is 10.1. The minimum absolute atomic E-state index is 0.111. The number of halogens is 1. The number of carbonyl (C=O) groups is 1. The maximum Gasteiger partial charge on any atom is 0.191 e. The SMILES string of the molecule is CCn1c(SCC(=O)c2cc(C)n(CCc3ccc(F)cc3)c2C)nnc1C1CC1. The predicted molar refractivity (Wildman–Crippen MR) is 117 cm³/mol. The molecule has 0 N–H and O–H groups in total. The van der Waals surface area contributed by atoms with E-state index in [1.54, 1.807) is 0 Å². The zero-order chi connectivity index (χ0) is 21.3. The molecule has 0 spiro atoms. The summed E-state index contributed by atoms with van der Waals surface area (Å²) in [5.41, 5.74) is 3.90. The second kappa shape index (κ2) is 8.76. The molecular formula is C23H27FN4OS. The number of thioether (sulfide) groups is 1. The molecule has 7 heteroatoms. The van der Waals surface area contributed by atoms with Crippen molar-refractivity contribution < 1.29 is 9.18 Å². The lowest BCUT2D eigenvalue weighted by Gasteiger charge is -2.10. The molecule has 2 aromatic heterocycles. The van der Waals surface area contributed by atoms with Crippen LogP contribution in [0.25, 0.3) is 0 Å². The Morgan fingerprint density at radius 2 is 1.90 bits per heavy atom. The first kappa shape index (κ1) is 20.8. The van der Waals surface area contributed by atoms with E-state index in [2.05, 4.69) is 26.3 Å². The van der Waals surface area contributed by atoms with Crippen molar-refractivity contribution in [2.45, 2.75) is 64.2 Å². The summed E-state index contributed by atoms with van der Waals surface area (Å²) in [5, 5.41) is 9.50. The van der Waals surface area contributed by atoms with Gasteiger partial charge >= 0.3 is 0 Å². The Morgan fingerprint density at radius 1 is 1.17 bits per heavy atom. The number of carbonyl (C=O) groups excluding carboxylic acids is 1. The van der Waals surface area contributed by atoms with Crippen LogP contribution in [-0.2, 0) is 19.5 Å². The van der Waals surface area contributed by atoms with Gasteiger partial charge in [0.2, 0.25) is 0 Å². The van der Waals surface area contributed by atoms with Gasteiger partial charge in [-0.15, -0.1) is 10.2 Å². The quantitative estimate of drug-likeness (QED) is 0.359. The van der Waals surface area contributed by atoms with Crippen molar-refractivity contribution in [3.8, 4) is 0 Å². The summed E-state index contributed by atoms with van der Waals surface area (Å²) in [5.74, 6) is 1.85. The van der Waals surface area contributed by atoms with Gasteiger partial charge in [0.15, 0.2) is 10.9 Å². The van der Waals surface area contributed by atoms with E-state index in [0.29, 0.717) is 11.7 Å². The smallest absolute Gasteiger partial charge is 0.191 e. The summed E-state index contributed by atoms with van der Waals surface area (Å²) < 4.78 is 17.4. The van der Waals surface area contributed by atoms with Gasteiger partial charge in [-0.3, -0.25) is 4.79 Å². The Balaban J connectivity index is 1.42. The van der Waals surface area contributed by atoms with Crippen molar-refractivity contribution in [2.24, 2.45) is 0 Å². The number of Topliss-reactive ketones (excluding diaryl/α,β-unsaturated/α-hetero) is 1. The van der Waals surface area contributed by atoms with Crippen LogP contribution in [0.5, 0.6) is 0 Å². The summed E-state index contributed by atoms with van der Waals surface area (Å²) in [6.07, 6.45) is 3.17. The Kier molecular flexibility index (Phi) is 6.09. The van der Waals surface area contributed by atoms with Gasteiger partial charge in [-0.05, 0) is 63.8 Å². The maximum absolute atomic E-state index is 13.1. The highest BCUT2D eigenvalue weighted by atomic mass is 32.2. The molecule has 0 aliphatic heterocycles. The van der Waals surface area contributed by atoms with Crippen molar-refractivity contribution >= 4 is 17.5 Å². The highest BCUT2D eigenvalue weighted by Gasteiger charge is 2.30. The average molecular weight is 427 g/mol. The fraction of sp³-hybridized carbons (Fsp3) is 0.435. The second-order valence-corrected chi connectivity index (χ2v) is 8.83. The van der Waals surface area contributed by atoms with Crippen molar-refractivity contribution in [3.63, 3.8) is 0 Å². The number of hydrogen-bond acceptors (Lipinski definition) is 4. The van der Waals surface area contributed by atoms with E-state index >= 15 is 0 Å². The van der Waals surface area contributed by atoms with Crippen LogP contribution in [-0.4, -0.2) is 30.9 Å². The molecule has 0 atom stereocenters. The standard InChI is InChI=1S/C23H27FN4OS/c1-4-27-22(18-7-8-18)25-26-23(27)30-14-21(29)20-13-15(2)28(16(20)3)12-11-17-5-9-19(24)10-6-17/h5-6,9-10,13,18H,4,7-8,11-12,14H2,1-3H3. The molecule has 1 aliphatic carbocycles. The molecule has 0 saturated heterocycles. The second-order valence-electron chi connectivity index (χ2n) is 7.88. The molecule has 0 radical (unpaired) electrons. The number of hydrogen-bond donors (Lipinski definition) is 0. The van der Waals surface area contributed by atoms with Crippen molar-refractivity contribution in [3.05, 3.63) is 64.5 Å². The van der Waals surface area contributed by atoms with Crippen LogP contribution in [0, 0.1) is 19.7 Å². The van der Waals surface area contributed by atoms with Gasteiger partial charge in [0, 0.05) is 36.0 Å². The highest BCUT2D eigenvalue weighted by Crippen LogP contribution is 2.40. The Hall–Kier alpha value is -2.41. The molecule has 0 bridgehead atoms. The number of aromatic nitrogens is 4. The number of nitrogens with zero attached hydrogens (tertiary/aromatic N) is 4. The molecular weight excluding hydrogens is 399 g/mol. The van der Waals surface area contributed by atoms with E-state index < -0.39 is 0 Å². The van der Waals surface area contributed by atoms with Crippen LogP contribution < -0.4 is 0 Å². The summed E-state index contributed by atoms with van der Waals surface area (Å²) in [6.45, 7) is 7.70. The lowest BCUT2D eigenvalue weighted by Crippen LogP contribution is -2.09. The van der Waals surface area contributed by atoms with Gasteiger partial charge in [0.1, 0.15) is 11.6 Å². The molecule has 3 aromatic rings. The fourth-order valence-corrected chi connectivity index (χ4v) is 4.77. The minimum atomic E-state index is -0.222. The van der Waals surface area contributed by atoms with E-state index in [4.69, 9.17) is 0 Å². The minimum Gasteiger partial charge on any atom is -0.348 e. The molecule has 158 valence electrons. The first-order valence-electron chi connectivity index (χ1n) is 10.5. The van der Waals surface area contributed by atoms with Crippen LogP contribution in [0.15, 0.2) is 35.5 Å². The van der Waals surface area contributed by atoms with Crippen LogP contribution in [0.4, 0.5) is 4.39 Å². The molecule has 1 aliphatic rings. The maximum atomic E-state index is 13.1. The molecule has 30 heavy (non-hydrogen) atoms. The first-order valence-corrected chi connectivity index (χ1v) is 11.5. The first-order chi connectivity index (χ1) is 14.5. The summed E-state index contributed by atoms with van der Waals surface area (Å²) in [6, 6.07) is 8.57.